The Morgan fingerprint density at radius 2 is 1.50 bits per heavy atom. The smallest absolute Gasteiger partial charge is 0.417 e. The van der Waals surface area contributed by atoms with Gasteiger partial charge in [-0.2, -0.15) is 13.2 Å². The van der Waals surface area contributed by atoms with Crippen molar-refractivity contribution in [1.82, 2.24) is 4.90 Å². The molecule has 4 aromatic rings. The molecule has 1 saturated heterocycles. The highest BCUT2D eigenvalue weighted by Gasteiger charge is 2.42. The molecule has 0 unspecified atom stereocenters. The molecule has 0 amide bonds. The van der Waals surface area contributed by atoms with Crippen molar-refractivity contribution in [3.8, 4) is 11.5 Å². The Kier molecular flexibility index (Phi) is 8.21. The van der Waals surface area contributed by atoms with Crippen LogP contribution in [0.5, 0.6) is 11.5 Å². The third-order valence-electron chi connectivity index (χ3n) is 7.20. The van der Waals surface area contributed by atoms with Gasteiger partial charge in [-0.15, -0.1) is 0 Å². The fourth-order valence-electron chi connectivity index (χ4n) is 5.39. The van der Waals surface area contributed by atoms with Crippen LogP contribution in [0.25, 0.3) is 0 Å². The van der Waals surface area contributed by atoms with Gasteiger partial charge in [-0.1, -0.05) is 78.9 Å². The predicted molar refractivity (Wildman–Crippen MR) is 147 cm³/mol. The molecular formula is C33H30F3NO3. The van der Waals surface area contributed by atoms with E-state index in [0.29, 0.717) is 19.5 Å². The molecule has 0 aliphatic carbocycles. The van der Waals surface area contributed by atoms with Gasteiger partial charge in [0.05, 0.1) is 5.56 Å². The van der Waals surface area contributed by atoms with Crippen LogP contribution < -0.4 is 9.47 Å². The van der Waals surface area contributed by atoms with Gasteiger partial charge in [0.15, 0.2) is 0 Å². The molecule has 0 spiro atoms. The zero-order valence-corrected chi connectivity index (χ0v) is 22.2. The third-order valence-corrected chi connectivity index (χ3v) is 7.20. The number of likely N-dealkylation sites (tertiary alicyclic amines) is 1. The lowest BCUT2D eigenvalue weighted by atomic mass is 9.90. The van der Waals surface area contributed by atoms with Gasteiger partial charge >= 0.3 is 12.1 Å². The summed E-state index contributed by atoms with van der Waals surface area (Å²) in [5.41, 5.74) is 0.769. The van der Waals surface area contributed by atoms with Crippen LogP contribution in [0.1, 0.15) is 57.1 Å². The topological polar surface area (TPSA) is 38.8 Å². The van der Waals surface area contributed by atoms with Gasteiger partial charge in [-0.05, 0) is 66.8 Å². The predicted octanol–water partition coefficient (Wildman–Crippen LogP) is 8.15. The van der Waals surface area contributed by atoms with Crippen molar-refractivity contribution in [2.24, 2.45) is 0 Å². The number of para-hydroxylation sites is 1. The molecular weight excluding hydrogens is 515 g/mol. The number of carbonyl (C=O) groups excluding carboxylic acids is 1. The fourth-order valence-corrected chi connectivity index (χ4v) is 5.39. The zero-order chi connectivity index (χ0) is 28.1. The van der Waals surface area contributed by atoms with E-state index < -0.39 is 23.8 Å². The number of alkyl halides is 3. The minimum Gasteiger partial charge on any atom is -0.488 e. The van der Waals surface area contributed by atoms with Gasteiger partial charge in [-0.25, -0.2) is 4.79 Å². The third kappa shape index (κ3) is 6.20. The second-order valence-corrected chi connectivity index (χ2v) is 9.93. The molecule has 4 nitrogen and oxygen atoms in total. The minimum atomic E-state index is -4.68. The van der Waals surface area contributed by atoms with Crippen molar-refractivity contribution >= 4 is 5.97 Å². The van der Waals surface area contributed by atoms with Gasteiger partial charge in [0.1, 0.15) is 23.7 Å². The Labute approximate surface area is 232 Å². The van der Waals surface area contributed by atoms with E-state index in [1.165, 1.54) is 13.0 Å². The van der Waals surface area contributed by atoms with Crippen molar-refractivity contribution in [3.05, 3.63) is 130 Å². The van der Waals surface area contributed by atoms with Crippen molar-refractivity contribution in [2.45, 2.75) is 45.1 Å². The number of ether oxygens (including phenoxy) is 2. The van der Waals surface area contributed by atoms with E-state index in [4.69, 9.17) is 9.47 Å². The van der Waals surface area contributed by atoms with Crippen molar-refractivity contribution in [2.75, 3.05) is 6.54 Å². The highest BCUT2D eigenvalue weighted by molar-refractivity contribution is 5.96. The number of hydrogen-bond acceptors (Lipinski definition) is 4. The normalized spacial score (nSPS) is 15.7. The van der Waals surface area contributed by atoms with Crippen LogP contribution in [0.4, 0.5) is 13.2 Å². The molecule has 0 N–H and O–H groups in total. The average molecular weight is 546 g/mol. The van der Waals surface area contributed by atoms with Gasteiger partial charge in [0.2, 0.25) is 0 Å². The molecule has 1 heterocycles. The number of benzene rings is 4. The Balaban J connectivity index is 1.59. The quantitative estimate of drug-likeness (QED) is 0.165. The van der Waals surface area contributed by atoms with Crippen molar-refractivity contribution in [1.29, 1.82) is 0 Å². The lowest BCUT2D eigenvalue weighted by Crippen LogP contribution is -2.27. The van der Waals surface area contributed by atoms with E-state index in [1.54, 1.807) is 30.3 Å². The first kappa shape index (κ1) is 27.5. The molecule has 0 saturated carbocycles. The Hall–Kier alpha value is -4.10. The highest BCUT2D eigenvalue weighted by Crippen LogP contribution is 2.46. The maximum atomic E-state index is 14.8. The summed E-state index contributed by atoms with van der Waals surface area (Å²) in [6.07, 6.45) is -3.34. The summed E-state index contributed by atoms with van der Waals surface area (Å²) in [6, 6.07) is 28.2. The van der Waals surface area contributed by atoms with E-state index >= 15 is 0 Å². The highest BCUT2D eigenvalue weighted by atomic mass is 19.4. The second-order valence-electron chi connectivity index (χ2n) is 9.93. The summed E-state index contributed by atoms with van der Waals surface area (Å²) < 4.78 is 55.9. The Morgan fingerprint density at radius 1 is 0.900 bits per heavy atom. The van der Waals surface area contributed by atoms with E-state index in [1.807, 2.05) is 60.7 Å². The number of hydrogen-bond donors (Lipinski definition) is 0. The molecule has 4 aromatic carbocycles. The molecule has 0 radical (unpaired) electrons. The fraction of sp³-hybridized carbons (Fsp3) is 0.242. The molecule has 0 bridgehead atoms. The number of nitrogens with zero attached hydrogens (tertiary/aromatic N) is 1. The van der Waals surface area contributed by atoms with Gasteiger partial charge < -0.3 is 9.47 Å². The van der Waals surface area contributed by atoms with Crippen LogP contribution in [0.2, 0.25) is 0 Å². The van der Waals surface area contributed by atoms with Gasteiger partial charge in [0, 0.05) is 12.6 Å². The standard InChI is InChI=1S/C33H30F3NO3/c1-23-30(32(38)40-26-16-9-4-10-17-26)29(39-22-25-14-7-3-8-15-25)20-27(31(23)33(34,35)36)28-18-11-19-37(28)21-24-12-5-2-6-13-24/h2-10,12-17,20,28H,11,18-19,21-22H2,1H3/t28-/m0/s1. The average Bonchev–Trinajstić information content (AvgIpc) is 3.40. The SMILES string of the molecule is Cc1c(C(=O)Oc2ccccc2)c(OCc2ccccc2)cc([C@@H]2CCCN2Cc2ccccc2)c1C(F)(F)F. The lowest BCUT2D eigenvalue weighted by molar-refractivity contribution is -0.139. The lowest BCUT2D eigenvalue weighted by Gasteiger charge is -2.29. The molecule has 1 fully saturated rings. The number of rotatable bonds is 8. The molecule has 206 valence electrons. The second kappa shape index (κ2) is 12.0. The first-order valence-electron chi connectivity index (χ1n) is 13.3. The van der Waals surface area contributed by atoms with Gasteiger partial charge in [0.25, 0.3) is 0 Å². The van der Waals surface area contributed by atoms with E-state index in [2.05, 4.69) is 4.90 Å². The maximum absolute atomic E-state index is 14.8. The van der Waals surface area contributed by atoms with Crippen LogP contribution in [0, 0.1) is 6.92 Å². The maximum Gasteiger partial charge on any atom is 0.417 e. The Morgan fingerprint density at radius 3 is 2.12 bits per heavy atom. The number of esters is 1. The number of halogens is 3. The molecule has 5 rings (SSSR count). The monoisotopic (exact) mass is 545 g/mol. The number of carbonyl (C=O) groups is 1. The molecule has 0 aromatic heterocycles. The Bertz CT molecular complexity index is 1440. The summed E-state index contributed by atoms with van der Waals surface area (Å²) in [7, 11) is 0. The molecule has 1 aliphatic heterocycles. The first-order valence-corrected chi connectivity index (χ1v) is 13.3. The summed E-state index contributed by atoms with van der Waals surface area (Å²) in [4.78, 5) is 15.5. The van der Waals surface area contributed by atoms with Crippen LogP contribution in [0.15, 0.2) is 97.1 Å². The largest absolute Gasteiger partial charge is 0.488 e. The summed E-state index contributed by atoms with van der Waals surface area (Å²) in [5.74, 6) is -0.573. The van der Waals surface area contributed by atoms with Crippen LogP contribution in [-0.4, -0.2) is 17.4 Å². The molecule has 40 heavy (non-hydrogen) atoms. The van der Waals surface area contributed by atoms with Crippen molar-refractivity contribution in [3.63, 3.8) is 0 Å². The van der Waals surface area contributed by atoms with Gasteiger partial charge in [-0.3, -0.25) is 4.90 Å². The van der Waals surface area contributed by atoms with Crippen molar-refractivity contribution < 1.29 is 27.4 Å². The zero-order valence-electron chi connectivity index (χ0n) is 22.2. The molecule has 1 atom stereocenters. The molecule has 1 aliphatic rings. The van der Waals surface area contributed by atoms with E-state index in [-0.39, 0.29) is 34.8 Å². The summed E-state index contributed by atoms with van der Waals surface area (Å²) in [6.45, 7) is 2.63. The van der Waals surface area contributed by atoms with E-state index in [0.717, 1.165) is 17.5 Å². The van der Waals surface area contributed by atoms with Crippen LogP contribution in [0.3, 0.4) is 0 Å². The minimum absolute atomic E-state index is 0.0804. The van der Waals surface area contributed by atoms with Crippen LogP contribution >= 0.6 is 0 Å². The summed E-state index contributed by atoms with van der Waals surface area (Å²) in [5, 5.41) is 0. The summed E-state index contributed by atoms with van der Waals surface area (Å²) >= 11 is 0. The van der Waals surface area contributed by atoms with E-state index in [9.17, 15) is 18.0 Å². The molecule has 7 heteroatoms. The van der Waals surface area contributed by atoms with Crippen LogP contribution in [-0.2, 0) is 19.3 Å². The first-order chi connectivity index (χ1) is 19.3.